The number of nitrogens with zero attached hydrogens (tertiary/aromatic N) is 1. The molecule has 3 aromatic rings. The number of aliphatic carboxylic acids is 2. The Morgan fingerprint density at radius 1 is 0.870 bits per heavy atom. The van der Waals surface area contributed by atoms with Crippen molar-refractivity contribution in [1.29, 1.82) is 0 Å². The number of carbonyl (C=O) groups is 4. The van der Waals surface area contributed by atoms with Gasteiger partial charge in [-0.25, -0.2) is 14.6 Å². The van der Waals surface area contributed by atoms with Crippen LogP contribution in [0, 0.1) is 5.92 Å². The van der Waals surface area contributed by atoms with E-state index >= 15 is 0 Å². The molecule has 46 heavy (non-hydrogen) atoms. The molecule has 1 aromatic heterocycles. The van der Waals surface area contributed by atoms with Crippen molar-refractivity contribution in [1.82, 2.24) is 15.6 Å². The molecule has 0 radical (unpaired) electrons. The van der Waals surface area contributed by atoms with Crippen LogP contribution in [0.15, 0.2) is 60.8 Å². The minimum Gasteiger partial charge on any atom is -0.475 e. The predicted molar refractivity (Wildman–Crippen MR) is 155 cm³/mol. The van der Waals surface area contributed by atoms with Crippen molar-refractivity contribution in [2.24, 2.45) is 11.7 Å². The Hall–Kier alpha value is -4.93. The third-order valence-electron chi connectivity index (χ3n) is 6.30. The molecule has 1 heterocycles. The van der Waals surface area contributed by atoms with Crippen LogP contribution in [-0.2, 0) is 32.1 Å². The maximum atomic E-state index is 13.1. The Morgan fingerprint density at radius 2 is 1.41 bits per heavy atom. The largest absolute Gasteiger partial charge is 0.490 e. The minimum atomic E-state index is -5.08. The molecule has 0 saturated carbocycles. The van der Waals surface area contributed by atoms with Gasteiger partial charge in [-0.05, 0) is 33.9 Å². The highest BCUT2D eigenvalue weighted by atomic mass is 19.4. The number of nitrogens with one attached hydrogen (secondary N) is 2. The van der Waals surface area contributed by atoms with E-state index in [0.717, 1.165) is 28.3 Å². The summed E-state index contributed by atoms with van der Waals surface area (Å²) < 4.78 is 63.5. The van der Waals surface area contributed by atoms with E-state index in [4.69, 9.17) is 31.3 Å². The Bertz CT molecular complexity index is 1440. The number of halogens is 6. The standard InChI is InChI=1S/C25H31N5O2.2C2HF3O2/c1-3-16(2)23(27)25(32)30-21(24(31)29-15-17-11-12-22(26)28-14-17)13-19-9-6-8-18-7-4-5-10-20(18)19;2*3-2(4,5)1(6)7/h4-12,14,16,21,23H,3,13,15,27H2,1-2H3,(H2,26,28)(H,29,31)(H,30,32);2*(H,6,7)/t16?,21-,23+;;/m0../s1. The average Bonchev–Trinajstić information content (AvgIpc) is 2.99. The van der Waals surface area contributed by atoms with E-state index in [0.29, 0.717) is 12.2 Å². The summed E-state index contributed by atoms with van der Waals surface area (Å²) in [5, 5.41) is 22.2. The van der Waals surface area contributed by atoms with E-state index in [1.54, 1.807) is 18.3 Å². The van der Waals surface area contributed by atoms with Crippen LogP contribution in [0.5, 0.6) is 0 Å². The van der Waals surface area contributed by atoms with Gasteiger partial charge >= 0.3 is 24.3 Å². The third-order valence-corrected chi connectivity index (χ3v) is 6.30. The third kappa shape index (κ3) is 13.4. The highest BCUT2D eigenvalue weighted by Gasteiger charge is 2.39. The molecule has 3 rings (SSSR count). The Balaban J connectivity index is 0.000000629. The Kier molecular flexibility index (Phi) is 14.9. The first kappa shape index (κ1) is 39.1. The number of benzene rings is 2. The van der Waals surface area contributed by atoms with E-state index < -0.39 is 36.4 Å². The van der Waals surface area contributed by atoms with Crippen LogP contribution in [-0.4, -0.2) is 63.4 Å². The van der Waals surface area contributed by atoms with Crippen molar-refractivity contribution in [2.75, 3.05) is 5.73 Å². The molecule has 0 aliphatic rings. The van der Waals surface area contributed by atoms with Gasteiger partial charge in [-0.2, -0.15) is 26.3 Å². The molecule has 17 heteroatoms. The normalized spacial score (nSPS) is 13.1. The fourth-order valence-corrected chi connectivity index (χ4v) is 3.53. The minimum absolute atomic E-state index is 0.0112. The van der Waals surface area contributed by atoms with Crippen molar-refractivity contribution in [3.63, 3.8) is 0 Å². The number of alkyl halides is 6. The van der Waals surface area contributed by atoms with E-state index in [2.05, 4.69) is 15.6 Å². The molecule has 0 fully saturated rings. The lowest BCUT2D eigenvalue weighted by Gasteiger charge is -2.23. The number of hydrogen-bond donors (Lipinski definition) is 6. The van der Waals surface area contributed by atoms with Gasteiger partial charge in [0.25, 0.3) is 0 Å². The second-order valence-electron chi connectivity index (χ2n) is 9.73. The molecule has 2 amide bonds. The smallest absolute Gasteiger partial charge is 0.475 e. The number of pyridine rings is 1. The number of carbonyl (C=O) groups excluding carboxylic acids is 2. The van der Waals surface area contributed by atoms with Crippen molar-refractivity contribution in [2.45, 2.75) is 57.7 Å². The molecule has 252 valence electrons. The predicted octanol–water partition coefficient (Wildman–Crippen LogP) is 3.80. The number of anilines is 1. The summed E-state index contributed by atoms with van der Waals surface area (Å²) in [4.78, 5) is 47.7. The summed E-state index contributed by atoms with van der Waals surface area (Å²) in [6, 6.07) is 16.0. The molecule has 2 aromatic carbocycles. The number of fused-ring (bicyclic) bond motifs is 1. The molecule has 0 aliphatic carbocycles. The number of rotatable bonds is 9. The van der Waals surface area contributed by atoms with Crippen LogP contribution in [0.1, 0.15) is 31.4 Å². The fourth-order valence-electron chi connectivity index (χ4n) is 3.53. The number of aromatic nitrogens is 1. The van der Waals surface area contributed by atoms with E-state index in [1.165, 1.54) is 0 Å². The van der Waals surface area contributed by atoms with Crippen molar-refractivity contribution >= 4 is 40.3 Å². The Labute approximate surface area is 259 Å². The van der Waals surface area contributed by atoms with Crippen molar-refractivity contribution < 1.29 is 55.7 Å². The summed E-state index contributed by atoms with van der Waals surface area (Å²) in [5.74, 6) is -5.69. The zero-order valence-corrected chi connectivity index (χ0v) is 24.5. The maximum absolute atomic E-state index is 13.1. The quantitative estimate of drug-likeness (QED) is 0.185. The van der Waals surface area contributed by atoms with Crippen LogP contribution in [0.25, 0.3) is 10.8 Å². The van der Waals surface area contributed by atoms with E-state index in [1.807, 2.05) is 56.3 Å². The maximum Gasteiger partial charge on any atom is 0.490 e. The lowest BCUT2D eigenvalue weighted by Crippen LogP contribution is -2.53. The lowest BCUT2D eigenvalue weighted by atomic mass is 9.96. The molecule has 8 N–H and O–H groups in total. The Morgan fingerprint density at radius 3 is 1.91 bits per heavy atom. The first-order valence-corrected chi connectivity index (χ1v) is 13.4. The van der Waals surface area contributed by atoms with Crippen LogP contribution in [0.2, 0.25) is 0 Å². The van der Waals surface area contributed by atoms with Gasteiger partial charge < -0.3 is 32.3 Å². The van der Waals surface area contributed by atoms with Gasteiger partial charge in [-0.1, -0.05) is 68.8 Å². The van der Waals surface area contributed by atoms with Crippen LogP contribution in [0.4, 0.5) is 32.2 Å². The molecule has 1 unspecified atom stereocenters. The number of nitrogens with two attached hydrogens (primary N) is 2. The number of carboxylic acid groups (broad SMARTS) is 2. The molecule has 0 spiro atoms. The van der Waals surface area contributed by atoms with Gasteiger partial charge in [0.05, 0.1) is 6.04 Å². The molecular weight excluding hydrogens is 628 g/mol. The van der Waals surface area contributed by atoms with Gasteiger partial charge in [0.15, 0.2) is 0 Å². The van der Waals surface area contributed by atoms with Gasteiger partial charge in [-0.15, -0.1) is 0 Å². The molecule has 0 saturated heterocycles. The van der Waals surface area contributed by atoms with Gasteiger partial charge in [0.2, 0.25) is 11.8 Å². The molecular formula is C29H33F6N5O6. The van der Waals surface area contributed by atoms with Crippen LogP contribution in [0.3, 0.4) is 0 Å². The van der Waals surface area contributed by atoms with Crippen LogP contribution >= 0.6 is 0 Å². The molecule has 0 aliphatic heterocycles. The second-order valence-corrected chi connectivity index (χ2v) is 9.73. The SMILES string of the molecule is CCC(C)[C@@H](N)C(=O)N[C@@H](Cc1cccc2ccccc12)C(=O)NCc1ccc(N)nc1.O=C(O)C(F)(F)F.O=C(O)C(F)(F)F. The number of nitrogen functional groups attached to an aromatic ring is 1. The zero-order valence-electron chi connectivity index (χ0n) is 24.5. The molecule has 11 nitrogen and oxygen atoms in total. The number of hydrogen-bond acceptors (Lipinski definition) is 7. The summed E-state index contributed by atoms with van der Waals surface area (Å²) in [5.41, 5.74) is 13.5. The van der Waals surface area contributed by atoms with Crippen LogP contribution < -0.4 is 22.1 Å². The average molecular weight is 662 g/mol. The first-order chi connectivity index (χ1) is 21.3. The first-order valence-electron chi connectivity index (χ1n) is 13.4. The lowest BCUT2D eigenvalue weighted by molar-refractivity contribution is -0.193. The number of carboxylic acids is 2. The summed E-state index contributed by atoms with van der Waals surface area (Å²) in [6.07, 6.45) is -7.42. The molecule has 3 atom stereocenters. The van der Waals surface area contributed by atoms with E-state index in [-0.39, 0.29) is 24.3 Å². The highest BCUT2D eigenvalue weighted by Crippen LogP contribution is 2.20. The van der Waals surface area contributed by atoms with Gasteiger partial charge in [-0.3, -0.25) is 9.59 Å². The summed E-state index contributed by atoms with van der Waals surface area (Å²) >= 11 is 0. The van der Waals surface area contributed by atoms with E-state index in [9.17, 15) is 35.9 Å². The van der Waals surface area contributed by atoms with Crippen molar-refractivity contribution in [3.8, 4) is 0 Å². The number of amides is 2. The highest BCUT2D eigenvalue weighted by molar-refractivity contribution is 5.91. The summed E-state index contributed by atoms with van der Waals surface area (Å²) in [6.45, 7) is 4.20. The van der Waals surface area contributed by atoms with Gasteiger partial charge in [0, 0.05) is 19.2 Å². The van der Waals surface area contributed by atoms with Crippen molar-refractivity contribution in [3.05, 3.63) is 71.9 Å². The summed E-state index contributed by atoms with van der Waals surface area (Å²) in [7, 11) is 0. The monoisotopic (exact) mass is 661 g/mol. The fraction of sp³-hybridized carbons (Fsp3) is 0.345. The zero-order chi connectivity index (χ0) is 35.2. The topological polar surface area (TPSA) is 198 Å². The molecule has 0 bridgehead atoms. The van der Waals surface area contributed by atoms with Gasteiger partial charge in [0.1, 0.15) is 11.9 Å². The second kappa shape index (κ2) is 17.5.